The molecule has 2 nitrogen and oxygen atoms in total. The molecule has 0 saturated heterocycles. The number of halogens is 2. The van der Waals surface area contributed by atoms with Gasteiger partial charge in [-0.15, -0.1) is 0 Å². The SMILES string of the molecule is Cc1cc(Br)c(N)nc1-c1cccc(F)c1. The van der Waals surface area contributed by atoms with Crippen molar-refractivity contribution in [3.8, 4) is 11.3 Å². The monoisotopic (exact) mass is 280 g/mol. The van der Waals surface area contributed by atoms with Crippen molar-refractivity contribution in [2.75, 3.05) is 5.73 Å². The lowest BCUT2D eigenvalue weighted by Gasteiger charge is -2.07. The molecule has 0 atom stereocenters. The van der Waals surface area contributed by atoms with Crippen LogP contribution in [-0.2, 0) is 0 Å². The second-order valence-corrected chi connectivity index (χ2v) is 4.39. The standard InChI is InChI=1S/C12H10BrFN2/c1-7-5-10(13)12(15)16-11(7)8-3-2-4-9(14)6-8/h2-6H,1H3,(H2,15,16). The van der Waals surface area contributed by atoms with Gasteiger partial charge in [-0.05, 0) is 46.6 Å². The van der Waals surface area contributed by atoms with Crippen LogP contribution >= 0.6 is 15.9 Å². The molecule has 0 aliphatic carbocycles. The van der Waals surface area contributed by atoms with Gasteiger partial charge in [-0.25, -0.2) is 9.37 Å². The van der Waals surface area contributed by atoms with Crippen LogP contribution in [0.2, 0.25) is 0 Å². The minimum atomic E-state index is -0.278. The van der Waals surface area contributed by atoms with E-state index in [1.807, 2.05) is 19.1 Å². The highest BCUT2D eigenvalue weighted by atomic mass is 79.9. The predicted octanol–water partition coefficient (Wildman–Crippen LogP) is 3.54. The molecule has 4 heteroatoms. The topological polar surface area (TPSA) is 38.9 Å². The molecule has 0 amide bonds. The van der Waals surface area contributed by atoms with Gasteiger partial charge >= 0.3 is 0 Å². The number of hydrogen-bond acceptors (Lipinski definition) is 2. The van der Waals surface area contributed by atoms with Crippen molar-refractivity contribution in [3.05, 3.63) is 46.2 Å². The molecule has 0 unspecified atom stereocenters. The van der Waals surface area contributed by atoms with Gasteiger partial charge in [0.15, 0.2) is 0 Å². The van der Waals surface area contributed by atoms with Gasteiger partial charge in [0.05, 0.1) is 10.2 Å². The molecule has 1 aromatic heterocycles. The Morgan fingerprint density at radius 3 is 2.75 bits per heavy atom. The lowest BCUT2D eigenvalue weighted by atomic mass is 10.1. The molecule has 0 fully saturated rings. The van der Waals surface area contributed by atoms with Crippen LogP contribution in [0.3, 0.4) is 0 Å². The third-order valence-corrected chi connectivity index (χ3v) is 2.93. The van der Waals surface area contributed by atoms with Crippen LogP contribution in [0.1, 0.15) is 5.56 Å². The van der Waals surface area contributed by atoms with Gasteiger partial charge in [0.1, 0.15) is 11.6 Å². The van der Waals surface area contributed by atoms with E-state index in [9.17, 15) is 4.39 Å². The van der Waals surface area contributed by atoms with E-state index in [2.05, 4.69) is 20.9 Å². The van der Waals surface area contributed by atoms with Crippen LogP contribution in [0, 0.1) is 12.7 Å². The Kier molecular flexibility index (Phi) is 2.92. The summed E-state index contributed by atoms with van der Waals surface area (Å²) < 4.78 is 13.9. The van der Waals surface area contributed by atoms with Crippen molar-refractivity contribution in [2.45, 2.75) is 6.92 Å². The zero-order valence-corrected chi connectivity index (χ0v) is 10.3. The molecule has 0 radical (unpaired) electrons. The van der Waals surface area contributed by atoms with Crippen molar-refractivity contribution < 1.29 is 4.39 Å². The van der Waals surface area contributed by atoms with Crippen LogP contribution in [0.15, 0.2) is 34.8 Å². The predicted molar refractivity (Wildman–Crippen MR) is 66.5 cm³/mol. The number of nitrogen functional groups attached to an aromatic ring is 1. The number of hydrogen-bond donors (Lipinski definition) is 1. The van der Waals surface area contributed by atoms with Crippen LogP contribution in [0.5, 0.6) is 0 Å². The van der Waals surface area contributed by atoms with Gasteiger partial charge < -0.3 is 5.73 Å². The number of aromatic nitrogens is 1. The second kappa shape index (κ2) is 4.22. The fourth-order valence-electron chi connectivity index (χ4n) is 1.52. The van der Waals surface area contributed by atoms with Crippen molar-refractivity contribution in [1.29, 1.82) is 0 Å². The van der Waals surface area contributed by atoms with Crippen molar-refractivity contribution >= 4 is 21.7 Å². The van der Waals surface area contributed by atoms with Gasteiger partial charge in [0, 0.05) is 5.56 Å². The molecular weight excluding hydrogens is 271 g/mol. The lowest BCUT2D eigenvalue weighted by molar-refractivity contribution is 0.628. The lowest BCUT2D eigenvalue weighted by Crippen LogP contribution is -1.96. The first-order chi connectivity index (χ1) is 7.58. The molecule has 82 valence electrons. The van der Waals surface area contributed by atoms with Gasteiger partial charge in [-0.1, -0.05) is 12.1 Å². The minimum Gasteiger partial charge on any atom is -0.383 e. The second-order valence-electron chi connectivity index (χ2n) is 3.53. The summed E-state index contributed by atoms with van der Waals surface area (Å²) in [7, 11) is 0. The molecule has 0 saturated carbocycles. The number of pyridine rings is 1. The van der Waals surface area contributed by atoms with Gasteiger partial charge in [-0.3, -0.25) is 0 Å². The molecule has 16 heavy (non-hydrogen) atoms. The highest BCUT2D eigenvalue weighted by molar-refractivity contribution is 9.10. The molecule has 1 heterocycles. The highest BCUT2D eigenvalue weighted by Crippen LogP contribution is 2.27. The van der Waals surface area contributed by atoms with E-state index in [4.69, 9.17) is 5.73 Å². The first-order valence-corrected chi connectivity index (χ1v) is 5.56. The van der Waals surface area contributed by atoms with E-state index in [0.29, 0.717) is 11.5 Å². The van der Waals surface area contributed by atoms with Crippen LogP contribution in [0.25, 0.3) is 11.3 Å². The van der Waals surface area contributed by atoms with E-state index in [1.165, 1.54) is 12.1 Å². The zero-order valence-electron chi connectivity index (χ0n) is 8.67. The summed E-state index contributed by atoms with van der Waals surface area (Å²) in [4.78, 5) is 4.25. The molecule has 0 spiro atoms. The fourth-order valence-corrected chi connectivity index (χ4v) is 1.95. The summed E-state index contributed by atoms with van der Waals surface area (Å²) in [6.07, 6.45) is 0. The van der Waals surface area contributed by atoms with Crippen LogP contribution in [0.4, 0.5) is 10.2 Å². The molecule has 0 aliphatic rings. The Morgan fingerprint density at radius 1 is 1.31 bits per heavy atom. The molecule has 2 N–H and O–H groups in total. The van der Waals surface area contributed by atoms with Crippen molar-refractivity contribution in [2.24, 2.45) is 0 Å². The van der Waals surface area contributed by atoms with Crippen LogP contribution < -0.4 is 5.73 Å². The zero-order chi connectivity index (χ0) is 11.7. The maximum Gasteiger partial charge on any atom is 0.138 e. The third-order valence-electron chi connectivity index (χ3n) is 2.29. The van der Waals surface area contributed by atoms with Crippen LogP contribution in [-0.4, -0.2) is 4.98 Å². The summed E-state index contributed by atoms with van der Waals surface area (Å²) in [6.45, 7) is 1.91. The van der Waals surface area contributed by atoms with Crippen molar-refractivity contribution in [1.82, 2.24) is 4.98 Å². The number of nitrogens with zero attached hydrogens (tertiary/aromatic N) is 1. The normalized spacial score (nSPS) is 10.4. The Morgan fingerprint density at radius 2 is 2.06 bits per heavy atom. The summed E-state index contributed by atoms with van der Waals surface area (Å²) in [5, 5.41) is 0. The number of anilines is 1. The van der Waals surface area contributed by atoms with Gasteiger partial charge in [-0.2, -0.15) is 0 Å². The number of aryl methyl sites for hydroxylation is 1. The average molecular weight is 281 g/mol. The molecular formula is C12H10BrFN2. The van der Waals surface area contributed by atoms with E-state index >= 15 is 0 Å². The van der Waals surface area contributed by atoms with Gasteiger partial charge in [0.2, 0.25) is 0 Å². The summed E-state index contributed by atoms with van der Waals surface area (Å²) in [5.74, 6) is 0.130. The molecule has 2 rings (SSSR count). The summed E-state index contributed by atoms with van der Waals surface area (Å²) in [6, 6.07) is 8.20. The van der Waals surface area contributed by atoms with Crippen molar-refractivity contribution in [3.63, 3.8) is 0 Å². The number of nitrogens with two attached hydrogens (primary N) is 1. The Labute approximate surface area is 101 Å². The average Bonchev–Trinajstić information content (AvgIpc) is 2.23. The van der Waals surface area contributed by atoms with Gasteiger partial charge in [0.25, 0.3) is 0 Å². The first-order valence-electron chi connectivity index (χ1n) is 4.76. The Balaban J connectivity index is 2.60. The molecule has 0 bridgehead atoms. The van der Waals surface area contributed by atoms with E-state index < -0.39 is 0 Å². The minimum absolute atomic E-state index is 0.278. The third kappa shape index (κ3) is 2.07. The highest BCUT2D eigenvalue weighted by Gasteiger charge is 2.07. The maximum atomic E-state index is 13.1. The quantitative estimate of drug-likeness (QED) is 0.868. The number of rotatable bonds is 1. The smallest absolute Gasteiger partial charge is 0.138 e. The van der Waals surface area contributed by atoms with E-state index in [1.54, 1.807) is 6.07 Å². The largest absolute Gasteiger partial charge is 0.383 e. The van der Waals surface area contributed by atoms with E-state index in [0.717, 1.165) is 15.6 Å². The Hall–Kier alpha value is -1.42. The van der Waals surface area contributed by atoms with E-state index in [-0.39, 0.29) is 5.82 Å². The molecule has 1 aromatic carbocycles. The maximum absolute atomic E-state index is 13.1. The summed E-state index contributed by atoms with van der Waals surface area (Å²) in [5.41, 5.74) is 8.11. The Bertz CT molecular complexity index is 541. The molecule has 2 aromatic rings. The molecule has 0 aliphatic heterocycles. The summed E-state index contributed by atoms with van der Waals surface area (Å²) >= 11 is 3.31. The first kappa shape index (κ1) is 11.1. The fraction of sp³-hybridized carbons (Fsp3) is 0.0833. The number of benzene rings is 1.